The Morgan fingerprint density at radius 2 is 1.86 bits per heavy atom. The summed E-state index contributed by atoms with van der Waals surface area (Å²) in [4.78, 5) is 19.2. The van der Waals surface area contributed by atoms with Gasteiger partial charge in [0.15, 0.2) is 0 Å². The smallest absolute Gasteiger partial charge is 0.255 e. The van der Waals surface area contributed by atoms with Crippen molar-refractivity contribution in [3.8, 4) is 11.5 Å². The topological polar surface area (TPSA) is 63.7 Å². The highest BCUT2D eigenvalue weighted by Crippen LogP contribution is 2.31. The molecule has 0 fully saturated rings. The van der Waals surface area contributed by atoms with E-state index in [-0.39, 0.29) is 5.91 Å². The number of carbonyl (C=O) groups excluding carboxylic acids is 1. The number of nitrogens with zero attached hydrogens (tertiary/aromatic N) is 2. The number of anilines is 2. The van der Waals surface area contributed by atoms with Crippen molar-refractivity contribution in [1.29, 1.82) is 0 Å². The van der Waals surface area contributed by atoms with E-state index in [0.29, 0.717) is 30.2 Å². The van der Waals surface area contributed by atoms with Gasteiger partial charge in [-0.05, 0) is 35.7 Å². The van der Waals surface area contributed by atoms with Crippen LogP contribution in [0.3, 0.4) is 0 Å². The number of hydrogen-bond donors (Lipinski definition) is 1. The number of ether oxygens (including phenoxy) is 2. The average molecular weight is 389 g/mol. The van der Waals surface area contributed by atoms with E-state index in [0.717, 1.165) is 17.8 Å². The van der Waals surface area contributed by atoms with E-state index in [9.17, 15) is 4.79 Å². The number of hydrogen-bond acceptors (Lipinski definition) is 5. The fraction of sp³-hybridized carbons (Fsp3) is 0.217. The molecule has 1 aliphatic rings. The molecule has 1 N–H and O–H groups in total. The van der Waals surface area contributed by atoms with E-state index < -0.39 is 0 Å². The van der Waals surface area contributed by atoms with Gasteiger partial charge in [-0.15, -0.1) is 0 Å². The summed E-state index contributed by atoms with van der Waals surface area (Å²) in [6.07, 6.45) is 4.17. The molecule has 0 unspecified atom stereocenters. The fourth-order valence-corrected chi connectivity index (χ4v) is 3.53. The Morgan fingerprint density at radius 3 is 2.66 bits per heavy atom. The van der Waals surface area contributed by atoms with Crippen LogP contribution in [0.25, 0.3) is 0 Å². The molecular formula is C23H23N3O3. The molecule has 1 amide bonds. The minimum Gasteiger partial charge on any atom is -0.497 e. The second kappa shape index (κ2) is 8.22. The second-order valence-electron chi connectivity index (χ2n) is 6.90. The largest absolute Gasteiger partial charge is 0.497 e. The Bertz CT molecular complexity index is 1040. The van der Waals surface area contributed by atoms with Crippen molar-refractivity contribution in [1.82, 2.24) is 9.88 Å². The zero-order chi connectivity index (χ0) is 20.2. The first-order valence-electron chi connectivity index (χ1n) is 9.48. The first-order chi connectivity index (χ1) is 14.2. The van der Waals surface area contributed by atoms with Gasteiger partial charge in [0.05, 0.1) is 37.4 Å². The van der Waals surface area contributed by atoms with Gasteiger partial charge in [0.25, 0.3) is 5.91 Å². The number of rotatable bonds is 5. The highest BCUT2D eigenvalue weighted by atomic mass is 16.5. The Balaban J connectivity index is 1.53. The molecule has 2 aromatic carbocycles. The predicted molar refractivity (Wildman–Crippen MR) is 112 cm³/mol. The molecule has 3 aromatic rings. The van der Waals surface area contributed by atoms with Gasteiger partial charge in [-0.1, -0.05) is 24.3 Å². The van der Waals surface area contributed by atoms with Gasteiger partial charge in [-0.3, -0.25) is 9.78 Å². The van der Waals surface area contributed by atoms with Crippen LogP contribution in [0.1, 0.15) is 21.5 Å². The molecule has 0 radical (unpaired) electrons. The van der Waals surface area contributed by atoms with Gasteiger partial charge >= 0.3 is 0 Å². The molecule has 1 aliphatic heterocycles. The first kappa shape index (κ1) is 18.8. The number of carbonyl (C=O) groups is 1. The van der Waals surface area contributed by atoms with Crippen LogP contribution in [0.4, 0.5) is 11.4 Å². The van der Waals surface area contributed by atoms with Crippen molar-refractivity contribution in [3.63, 3.8) is 0 Å². The lowest BCUT2D eigenvalue weighted by Crippen LogP contribution is -2.36. The van der Waals surface area contributed by atoms with Crippen LogP contribution in [0, 0.1) is 0 Å². The minimum absolute atomic E-state index is 0.0163. The molecule has 2 heterocycles. The SMILES string of the molecule is COc1ccc(Nc2cncc(C(=O)N3CCc4ccccc4C3)c2)c(OC)c1. The highest BCUT2D eigenvalue weighted by Gasteiger charge is 2.22. The summed E-state index contributed by atoms with van der Waals surface area (Å²) in [6, 6.07) is 15.6. The van der Waals surface area contributed by atoms with Crippen molar-refractivity contribution in [3.05, 3.63) is 77.6 Å². The number of pyridine rings is 1. The number of fused-ring (bicyclic) bond motifs is 1. The molecule has 148 valence electrons. The Kier molecular flexibility index (Phi) is 5.33. The van der Waals surface area contributed by atoms with Crippen LogP contribution in [-0.4, -0.2) is 36.6 Å². The molecule has 0 aliphatic carbocycles. The van der Waals surface area contributed by atoms with Crippen molar-refractivity contribution >= 4 is 17.3 Å². The van der Waals surface area contributed by atoms with Crippen molar-refractivity contribution in [2.75, 3.05) is 26.1 Å². The predicted octanol–water partition coefficient (Wildman–Crippen LogP) is 4.04. The molecule has 0 bridgehead atoms. The maximum Gasteiger partial charge on any atom is 0.255 e. The molecule has 6 heteroatoms. The van der Waals surface area contributed by atoms with Gasteiger partial charge in [0, 0.05) is 25.4 Å². The Morgan fingerprint density at radius 1 is 1.03 bits per heavy atom. The molecule has 29 heavy (non-hydrogen) atoms. The van der Waals surface area contributed by atoms with Gasteiger partial charge in [0.1, 0.15) is 11.5 Å². The molecule has 0 atom stereocenters. The van der Waals surface area contributed by atoms with E-state index in [1.165, 1.54) is 11.1 Å². The van der Waals surface area contributed by atoms with E-state index in [1.807, 2.05) is 35.2 Å². The third-order valence-electron chi connectivity index (χ3n) is 5.09. The summed E-state index contributed by atoms with van der Waals surface area (Å²) in [7, 11) is 3.21. The second-order valence-corrected chi connectivity index (χ2v) is 6.90. The molecule has 4 rings (SSSR count). The average Bonchev–Trinajstić information content (AvgIpc) is 2.78. The maximum absolute atomic E-state index is 13.0. The molecule has 1 aromatic heterocycles. The molecular weight excluding hydrogens is 366 g/mol. The minimum atomic E-state index is -0.0163. The van der Waals surface area contributed by atoms with Crippen LogP contribution in [0.2, 0.25) is 0 Å². The summed E-state index contributed by atoms with van der Waals surface area (Å²) in [5.74, 6) is 1.34. The monoisotopic (exact) mass is 389 g/mol. The first-order valence-corrected chi connectivity index (χ1v) is 9.48. The summed E-state index contributed by atoms with van der Waals surface area (Å²) < 4.78 is 10.7. The van der Waals surface area contributed by atoms with E-state index in [4.69, 9.17) is 9.47 Å². The number of amides is 1. The summed E-state index contributed by atoms with van der Waals surface area (Å²) in [5.41, 5.74) is 4.57. The van der Waals surface area contributed by atoms with E-state index >= 15 is 0 Å². The molecule has 0 saturated heterocycles. The van der Waals surface area contributed by atoms with Crippen molar-refractivity contribution in [2.45, 2.75) is 13.0 Å². The van der Waals surface area contributed by atoms with Crippen LogP contribution >= 0.6 is 0 Å². The molecule has 6 nitrogen and oxygen atoms in total. The van der Waals surface area contributed by atoms with Crippen LogP contribution in [-0.2, 0) is 13.0 Å². The van der Waals surface area contributed by atoms with Gasteiger partial charge < -0.3 is 19.7 Å². The maximum atomic E-state index is 13.0. The lowest BCUT2D eigenvalue weighted by molar-refractivity contribution is 0.0734. The lowest BCUT2D eigenvalue weighted by atomic mass is 9.99. The lowest BCUT2D eigenvalue weighted by Gasteiger charge is -2.29. The Labute approximate surface area is 170 Å². The zero-order valence-electron chi connectivity index (χ0n) is 16.5. The van der Waals surface area contributed by atoms with Crippen molar-refractivity contribution < 1.29 is 14.3 Å². The summed E-state index contributed by atoms with van der Waals surface area (Å²) in [5, 5.41) is 3.27. The standard InChI is InChI=1S/C23H23N3O3/c1-28-20-7-8-21(22(12-20)29-2)25-19-11-18(13-24-14-19)23(27)26-10-9-16-5-3-4-6-17(16)15-26/h3-8,11-14,25H,9-10,15H2,1-2H3. The normalized spacial score (nSPS) is 12.8. The number of methoxy groups -OCH3 is 2. The Hall–Kier alpha value is -3.54. The molecule has 0 saturated carbocycles. The summed E-state index contributed by atoms with van der Waals surface area (Å²) in [6.45, 7) is 1.33. The molecule has 0 spiro atoms. The van der Waals surface area contributed by atoms with Crippen LogP contribution in [0.5, 0.6) is 11.5 Å². The van der Waals surface area contributed by atoms with Crippen molar-refractivity contribution in [2.24, 2.45) is 0 Å². The quantitative estimate of drug-likeness (QED) is 0.713. The van der Waals surface area contributed by atoms with Crippen LogP contribution in [0.15, 0.2) is 60.9 Å². The number of benzene rings is 2. The van der Waals surface area contributed by atoms with Gasteiger partial charge in [-0.2, -0.15) is 0 Å². The van der Waals surface area contributed by atoms with E-state index in [1.54, 1.807) is 32.7 Å². The third-order valence-corrected chi connectivity index (χ3v) is 5.09. The zero-order valence-corrected chi connectivity index (χ0v) is 16.5. The van der Waals surface area contributed by atoms with Gasteiger partial charge in [0.2, 0.25) is 0 Å². The summed E-state index contributed by atoms with van der Waals surface area (Å²) >= 11 is 0. The third kappa shape index (κ3) is 4.01. The number of aromatic nitrogens is 1. The van der Waals surface area contributed by atoms with Gasteiger partial charge in [-0.25, -0.2) is 0 Å². The van der Waals surface area contributed by atoms with E-state index in [2.05, 4.69) is 22.4 Å². The van der Waals surface area contributed by atoms with Crippen LogP contribution < -0.4 is 14.8 Å². The fourth-order valence-electron chi connectivity index (χ4n) is 3.53. The highest BCUT2D eigenvalue weighted by molar-refractivity contribution is 5.95. The number of nitrogens with one attached hydrogen (secondary N) is 1.